The van der Waals surface area contributed by atoms with E-state index >= 15 is 0 Å². The molecule has 1 saturated heterocycles. The number of likely N-dealkylation sites (N-methyl/N-ethyl adjacent to an activating group) is 1. The van der Waals surface area contributed by atoms with Crippen LogP contribution in [0.5, 0.6) is 0 Å². The van der Waals surface area contributed by atoms with Gasteiger partial charge in [-0.05, 0) is 29.4 Å². The standard InChI is InChI=1S/C15H22N6S/c1-20-3-5-21(6-4-20)15-13(8-16)14(18-11-19-15)17-9-12-2-7-22-10-12/h2,7,10-11H,3-6,8-9,16H2,1H3,(H,17,18,19). The van der Waals surface area contributed by atoms with E-state index in [9.17, 15) is 0 Å². The molecule has 0 atom stereocenters. The lowest BCUT2D eigenvalue weighted by molar-refractivity contribution is 0.312. The normalized spacial score (nSPS) is 16.0. The van der Waals surface area contributed by atoms with E-state index in [1.165, 1.54) is 5.56 Å². The predicted octanol–water partition coefficient (Wildman–Crippen LogP) is 1.36. The summed E-state index contributed by atoms with van der Waals surface area (Å²) in [6.45, 7) is 5.25. The van der Waals surface area contributed by atoms with E-state index in [4.69, 9.17) is 5.73 Å². The van der Waals surface area contributed by atoms with Gasteiger partial charge in [0.05, 0.1) is 5.56 Å². The maximum absolute atomic E-state index is 5.98. The molecule has 6 nitrogen and oxygen atoms in total. The quantitative estimate of drug-likeness (QED) is 0.867. The number of piperazine rings is 1. The molecule has 0 saturated carbocycles. The molecule has 118 valence electrons. The molecule has 1 aliphatic heterocycles. The number of aromatic nitrogens is 2. The van der Waals surface area contributed by atoms with Crippen LogP contribution in [0.1, 0.15) is 11.1 Å². The lowest BCUT2D eigenvalue weighted by Crippen LogP contribution is -2.45. The minimum absolute atomic E-state index is 0.439. The molecule has 0 radical (unpaired) electrons. The fraction of sp³-hybridized carbons (Fsp3) is 0.467. The number of hydrogen-bond acceptors (Lipinski definition) is 7. The second-order valence-corrected chi connectivity index (χ2v) is 6.28. The Bertz CT molecular complexity index is 592. The van der Waals surface area contributed by atoms with Crippen molar-refractivity contribution < 1.29 is 0 Å². The Labute approximate surface area is 135 Å². The van der Waals surface area contributed by atoms with Gasteiger partial charge >= 0.3 is 0 Å². The molecule has 0 aromatic carbocycles. The van der Waals surface area contributed by atoms with Crippen molar-refractivity contribution in [2.75, 3.05) is 43.4 Å². The zero-order valence-corrected chi connectivity index (χ0v) is 13.6. The van der Waals surface area contributed by atoms with Crippen molar-refractivity contribution in [3.8, 4) is 0 Å². The van der Waals surface area contributed by atoms with Crippen LogP contribution in [0, 0.1) is 0 Å². The molecule has 3 N–H and O–H groups in total. The van der Waals surface area contributed by atoms with Gasteiger partial charge in [0.1, 0.15) is 18.0 Å². The Hall–Kier alpha value is -1.70. The first kappa shape index (κ1) is 15.2. The molecule has 3 rings (SSSR count). The van der Waals surface area contributed by atoms with Crippen LogP contribution in [0.4, 0.5) is 11.6 Å². The second kappa shape index (κ2) is 7.04. The highest BCUT2D eigenvalue weighted by molar-refractivity contribution is 7.07. The Balaban J connectivity index is 1.77. The van der Waals surface area contributed by atoms with Crippen molar-refractivity contribution >= 4 is 23.0 Å². The van der Waals surface area contributed by atoms with Crippen LogP contribution in [0.2, 0.25) is 0 Å². The molecule has 7 heteroatoms. The number of hydrogen-bond donors (Lipinski definition) is 2. The molecule has 3 heterocycles. The molecule has 2 aromatic heterocycles. The summed E-state index contributed by atoms with van der Waals surface area (Å²) < 4.78 is 0. The molecule has 0 bridgehead atoms. The third-order valence-electron chi connectivity index (χ3n) is 3.97. The predicted molar refractivity (Wildman–Crippen MR) is 91.3 cm³/mol. The molecule has 0 unspecified atom stereocenters. The van der Waals surface area contributed by atoms with Crippen LogP contribution in [0.3, 0.4) is 0 Å². The summed E-state index contributed by atoms with van der Waals surface area (Å²) in [5, 5.41) is 7.61. The molecule has 2 aromatic rings. The number of anilines is 2. The third-order valence-corrected chi connectivity index (χ3v) is 4.70. The van der Waals surface area contributed by atoms with Crippen molar-refractivity contribution in [3.05, 3.63) is 34.3 Å². The molecule has 1 aliphatic rings. The average Bonchev–Trinajstić information content (AvgIpc) is 3.06. The highest BCUT2D eigenvalue weighted by atomic mass is 32.1. The Morgan fingerprint density at radius 2 is 2.09 bits per heavy atom. The van der Waals surface area contributed by atoms with E-state index < -0.39 is 0 Å². The van der Waals surface area contributed by atoms with Crippen molar-refractivity contribution in [2.45, 2.75) is 13.1 Å². The maximum Gasteiger partial charge on any atom is 0.138 e. The topological polar surface area (TPSA) is 70.3 Å². The van der Waals surface area contributed by atoms with Gasteiger partial charge in [0.2, 0.25) is 0 Å². The number of rotatable bonds is 5. The molecule has 0 spiro atoms. The number of nitrogens with one attached hydrogen (secondary N) is 1. The van der Waals surface area contributed by atoms with Crippen LogP contribution < -0.4 is 16.0 Å². The molecular formula is C15H22N6S. The first-order valence-corrected chi connectivity index (χ1v) is 8.44. The summed E-state index contributed by atoms with van der Waals surface area (Å²) in [7, 11) is 2.15. The largest absolute Gasteiger partial charge is 0.366 e. The summed E-state index contributed by atoms with van der Waals surface area (Å²) in [6.07, 6.45) is 1.63. The van der Waals surface area contributed by atoms with E-state index in [0.29, 0.717) is 6.54 Å². The van der Waals surface area contributed by atoms with Crippen molar-refractivity contribution in [3.63, 3.8) is 0 Å². The summed E-state index contributed by atoms with van der Waals surface area (Å²) >= 11 is 1.70. The monoisotopic (exact) mass is 318 g/mol. The van der Waals surface area contributed by atoms with E-state index in [1.807, 2.05) is 0 Å². The summed E-state index contributed by atoms with van der Waals surface area (Å²) in [5.41, 5.74) is 8.24. The zero-order valence-electron chi connectivity index (χ0n) is 12.8. The average molecular weight is 318 g/mol. The van der Waals surface area contributed by atoms with Crippen LogP contribution in [-0.2, 0) is 13.1 Å². The fourth-order valence-corrected chi connectivity index (χ4v) is 3.28. The van der Waals surface area contributed by atoms with Crippen molar-refractivity contribution in [1.82, 2.24) is 14.9 Å². The number of thiophene rings is 1. The smallest absolute Gasteiger partial charge is 0.138 e. The molecular weight excluding hydrogens is 296 g/mol. The van der Waals surface area contributed by atoms with Gasteiger partial charge in [0, 0.05) is 39.3 Å². The van der Waals surface area contributed by atoms with Crippen molar-refractivity contribution in [1.29, 1.82) is 0 Å². The van der Waals surface area contributed by atoms with Crippen LogP contribution in [-0.4, -0.2) is 48.1 Å². The van der Waals surface area contributed by atoms with E-state index in [0.717, 1.165) is 49.9 Å². The van der Waals surface area contributed by atoms with Gasteiger partial charge in [0.25, 0.3) is 0 Å². The minimum Gasteiger partial charge on any atom is -0.366 e. The first-order valence-electron chi connectivity index (χ1n) is 7.50. The van der Waals surface area contributed by atoms with Gasteiger partial charge in [-0.2, -0.15) is 11.3 Å². The van der Waals surface area contributed by atoms with Gasteiger partial charge in [-0.25, -0.2) is 9.97 Å². The third kappa shape index (κ3) is 3.37. The van der Waals surface area contributed by atoms with Crippen LogP contribution in [0.25, 0.3) is 0 Å². The Morgan fingerprint density at radius 1 is 1.27 bits per heavy atom. The zero-order chi connectivity index (χ0) is 15.4. The Morgan fingerprint density at radius 3 is 2.77 bits per heavy atom. The van der Waals surface area contributed by atoms with E-state index in [1.54, 1.807) is 17.7 Å². The van der Waals surface area contributed by atoms with Gasteiger partial charge < -0.3 is 20.9 Å². The molecule has 22 heavy (non-hydrogen) atoms. The number of nitrogens with zero attached hydrogens (tertiary/aromatic N) is 4. The van der Waals surface area contributed by atoms with E-state index in [-0.39, 0.29) is 0 Å². The van der Waals surface area contributed by atoms with Crippen molar-refractivity contribution in [2.24, 2.45) is 5.73 Å². The maximum atomic E-state index is 5.98. The van der Waals surface area contributed by atoms with E-state index in [2.05, 4.69) is 49.0 Å². The van der Waals surface area contributed by atoms with Gasteiger partial charge in [-0.15, -0.1) is 0 Å². The highest BCUT2D eigenvalue weighted by Crippen LogP contribution is 2.24. The summed E-state index contributed by atoms with van der Waals surface area (Å²) in [5.74, 6) is 1.82. The molecule has 0 aliphatic carbocycles. The number of nitrogens with two attached hydrogens (primary N) is 1. The lowest BCUT2D eigenvalue weighted by Gasteiger charge is -2.34. The summed E-state index contributed by atoms with van der Waals surface area (Å²) in [6, 6.07) is 2.11. The highest BCUT2D eigenvalue weighted by Gasteiger charge is 2.20. The molecule has 0 amide bonds. The first-order chi connectivity index (χ1) is 10.8. The van der Waals surface area contributed by atoms with Crippen LogP contribution in [0.15, 0.2) is 23.2 Å². The SMILES string of the molecule is CN1CCN(c2ncnc(NCc3ccsc3)c2CN)CC1. The lowest BCUT2D eigenvalue weighted by atomic mass is 10.2. The summed E-state index contributed by atoms with van der Waals surface area (Å²) in [4.78, 5) is 13.5. The Kier molecular flexibility index (Phi) is 4.87. The van der Waals surface area contributed by atoms with Gasteiger partial charge in [-0.3, -0.25) is 0 Å². The fourth-order valence-electron chi connectivity index (χ4n) is 2.61. The van der Waals surface area contributed by atoms with Gasteiger partial charge in [0.15, 0.2) is 0 Å². The van der Waals surface area contributed by atoms with Crippen LogP contribution >= 0.6 is 11.3 Å². The molecule has 1 fully saturated rings. The van der Waals surface area contributed by atoms with Gasteiger partial charge in [-0.1, -0.05) is 0 Å². The second-order valence-electron chi connectivity index (χ2n) is 5.50. The minimum atomic E-state index is 0.439.